The summed E-state index contributed by atoms with van der Waals surface area (Å²) in [5, 5.41) is 107. The Bertz CT molecular complexity index is 3260. The van der Waals surface area contributed by atoms with Gasteiger partial charge in [-0.1, -0.05) is 140 Å². The number of benzene rings is 3. The number of carbonyl (C=O) groups excluding carboxylic acids is 4. The van der Waals surface area contributed by atoms with Crippen LogP contribution in [0.1, 0.15) is 226 Å². The molecule has 0 aliphatic heterocycles. The second-order valence-corrected chi connectivity index (χ2v) is 42.4. The fraction of sp³-hybridized carbons (Fsp3) is 0.701. The van der Waals surface area contributed by atoms with E-state index in [0.717, 1.165) is 40.4 Å². The molecule has 0 amide bonds. The molecule has 8 N–H and O–H groups in total. The first kappa shape index (κ1) is 121. The van der Waals surface area contributed by atoms with Gasteiger partial charge in [0.2, 0.25) is 0 Å². The molecule has 0 saturated carbocycles. The minimum absolute atomic E-state index is 0. The molecule has 25 nitrogen and oxygen atoms in total. The predicted molar refractivity (Wildman–Crippen MR) is 457 cm³/mol. The number of aliphatic hydroxyl groups is 8. The zero-order valence-electron chi connectivity index (χ0n) is 76.5. The Morgan fingerprint density at radius 2 is 0.759 bits per heavy atom. The third-order valence-electron chi connectivity index (χ3n) is 20.1. The summed E-state index contributed by atoms with van der Waals surface area (Å²) in [5.74, 6) is 2.36. The average molecular weight is 1680 g/mol. The molecule has 655 valence electrons. The van der Waals surface area contributed by atoms with E-state index in [1.54, 1.807) is 88.9 Å². The van der Waals surface area contributed by atoms with Crippen LogP contribution in [0.2, 0.25) is 36.3 Å². The Balaban J connectivity index is -0.000000247. The number of ketones is 3. The van der Waals surface area contributed by atoms with Gasteiger partial charge in [-0.05, 0) is 149 Å². The van der Waals surface area contributed by atoms with E-state index in [1.165, 1.54) is 0 Å². The summed E-state index contributed by atoms with van der Waals surface area (Å²) in [4.78, 5) is 46.4. The van der Waals surface area contributed by atoms with E-state index in [0.29, 0.717) is 97.8 Å². The number of rotatable bonds is 44. The van der Waals surface area contributed by atoms with E-state index < -0.39 is 80.9 Å². The number of hydrogen-bond donors (Lipinski definition) is 8. The van der Waals surface area contributed by atoms with Crippen LogP contribution in [-0.2, 0) is 66.8 Å². The van der Waals surface area contributed by atoms with Gasteiger partial charge in [-0.3, -0.25) is 19.2 Å². The molecule has 0 saturated heterocycles. The molecular formula is C87H149BN4NaO21Si2. The summed E-state index contributed by atoms with van der Waals surface area (Å²) in [6, 6.07) is 30.5. The maximum Gasteiger partial charge on any atom is 1.00 e. The Kier molecular flexibility index (Phi) is 67.3. The van der Waals surface area contributed by atoms with Gasteiger partial charge in [-0.15, -0.1) is 0 Å². The molecule has 116 heavy (non-hydrogen) atoms. The molecule has 0 fully saturated rings. The van der Waals surface area contributed by atoms with Gasteiger partial charge in [0.25, 0.3) is 0 Å². The van der Waals surface area contributed by atoms with Gasteiger partial charge in [-0.2, -0.15) is 21.0 Å². The maximum absolute atomic E-state index is 12.6. The van der Waals surface area contributed by atoms with E-state index in [2.05, 4.69) is 78.5 Å². The van der Waals surface area contributed by atoms with Gasteiger partial charge in [-0.25, -0.2) is 0 Å². The van der Waals surface area contributed by atoms with Crippen LogP contribution in [0.4, 0.5) is 0 Å². The largest absolute Gasteiger partial charge is 1.00 e. The van der Waals surface area contributed by atoms with Crippen LogP contribution in [0.15, 0.2) is 72.8 Å². The van der Waals surface area contributed by atoms with E-state index >= 15 is 0 Å². The van der Waals surface area contributed by atoms with Gasteiger partial charge < -0.3 is 84.3 Å². The Hall–Kier alpha value is -5.52. The third-order valence-corrected chi connectivity index (χ3v) is 29.1. The van der Waals surface area contributed by atoms with Crippen molar-refractivity contribution in [1.29, 1.82) is 21.0 Å². The van der Waals surface area contributed by atoms with E-state index in [9.17, 15) is 39.6 Å². The van der Waals surface area contributed by atoms with Crippen molar-refractivity contribution < 1.29 is 133 Å². The van der Waals surface area contributed by atoms with Crippen LogP contribution in [0.5, 0.6) is 17.2 Å². The molecule has 0 aliphatic carbocycles. The normalized spacial score (nSPS) is 13.2. The van der Waals surface area contributed by atoms with E-state index in [4.69, 9.17) is 78.7 Å². The summed E-state index contributed by atoms with van der Waals surface area (Å²) in [7, 11) is 1.13. The van der Waals surface area contributed by atoms with Crippen molar-refractivity contribution in [3.63, 3.8) is 0 Å². The second kappa shape index (κ2) is 64.4. The summed E-state index contributed by atoms with van der Waals surface area (Å²) in [5.41, 5.74) is 0.504. The van der Waals surface area contributed by atoms with E-state index in [1.807, 2.05) is 107 Å². The molecule has 0 unspecified atom stereocenters. The van der Waals surface area contributed by atoms with Crippen molar-refractivity contribution in [3.8, 4) is 41.5 Å². The van der Waals surface area contributed by atoms with Crippen LogP contribution >= 0.6 is 0 Å². The average Bonchev–Trinajstić information content (AvgIpc) is 0.794. The Labute approximate surface area is 725 Å². The van der Waals surface area contributed by atoms with E-state index in [-0.39, 0.29) is 118 Å². The number of carbonyl (C=O) groups is 4. The number of aliphatic hydroxyl groups excluding tert-OH is 8. The Morgan fingerprint density at radius 3 is 1.07 bits per heavy atom. The zero-order valence-corrected chi connectivity index (χ0v) is 79.5. The predicted octanol–water partition coefficient (Wildman–Crippen LogP) is 11.5. The van der Waals surface area contributed by atoms with Crippen molar-refractivity contribution in [3.05, 3.63) is 89.5 Å². The van der Waals surface area contributed by atoms with Gasteiger partial charge >= 0.3 is 35.5 Å². The van der Waals surface area contributed by atoms with Crippen molar-refractivity contribution in [2.45, 2.75) is 307 Å². The molecule has 3 radical (unpaired) electrons. The monoisotopic (exact) mass is 1680 g/mol. The fourth-order valence-electron chi connectivity index (χ4n) is 9.43. The molecule has 0 heterocycles. The minimum atomic E-state index is -1.97. The number of hydrogen-bond acceptors (Lipinski definition) is 25. The smallest absolute Gasteiger partial charge is 1.00 e. The van der Waals surface area contributed by atoms with Crippen LogP contribution in [0.3, 0.4) is 0 Å². The number of nitrogens with zero attached hydrogens (tertiary/aromatic N) is 4. The molecule has 29 heteroatoms. The maximum atomic E-state index is 12.6. The fourth-order valence-corrected chi connectivity index (χ4v) is 12.0. The zero-order chi connectivity index (χ0) is 88.8. The minimum Gasteiger partial charge on any atom is -1.00 e. The molecule has 3 aromatic rings. The molecular weight excluding hydrogens is 1530 g/mol. The first-order chi connectivity index (χ1) is 52.9. The summed E-state index contributed by atoms with van der Waals surface area (Å²) in [6.45, 7) is 48.0. The van der Waals surface area contributed by atoms with Crippen molar-refractivity contribution in [2.24, 2.45) is 21.7 Å². The van der Waals surface area contributed by atoms with Crippen LogP contribution in [-0.4, -0.2) is 200 Å². The van der Waals surface area contributed by atoms with Gasteiger partial charge in [0.05, 0.1) is 146 Å². The summed E-state index contributed by atoms with van der Waals surface area (Å²) < 4.78 is 49.4. The third kappa shape index (κ3) is 52.5. The number of methoxy groups -OCH3 is 3. The van der Waals surface area contributed by atoms with Crippen molar-refractivity contribution in [2.75, 3.05) is 67.6 Å². The molecule has 0 spiro atoms. The Morgan fingerprint density at radius 1 is 0.440 bits per heavy atom. The van der Waals surface area contributed by atoms with Crippen molar-refractivity contribution in [1.82, 2.24) is 0 Å². The van der Waals surface area contributed by atoms with Gasteiger partial charge in [0, 0.05) is 83.6 Å². The second-order valence-electron chi connectivity index (χ2n) is 32.8. The van der Waals surface area contributed by atoms with Crippen LogP contribution in [0.25, 0.3) is 0 Å². The topological polar surface area (TPSA) is 408 Å². The standard InChI is InChI=1S/C21H46O3Si2.C17H26O4.C15H21NO3.C13H17NO3.C9H18O3.C7H11NO3.C5H9NO2.B.Na.H/c1-14-17(22)21(8,9)18(24-26(12,13)20(5,6)7)15-16-23-25(10,11)19(2,3)4;1-5-15(18)17(2,3)16(19)10-11-21-12-13-6-8-14(20-4)9-7-13;1-15(2,11-16)14(17)8-9-19-10-12-4-6-13(18-3)7-5-12;1-16-13-4-2-11(3-5-13)10-17-9-7-12(15)6-8-14;1-4-7(11)9(2,3)8(12)5-6-10;1-2-11-7(10)5-6(9)3-4-8;6-3-1-5(8)2-4-7;;;/h18H,14-16H2,1-13H3;6-9,16,19H,5,10-12H2,1-4H3;4-7,14,17H,8-10H2,1-3H3;2-5,12,15H,6-7,9-10H2,1H3;8,10,12H,4-6H2,1-3H3;6,9H,2-3,5H2,1H3;5,7-8H,1-2,4H2;;;/q;;;;;;;;+1;-1/t18-;16-;14-;12-;8-;6-;5-;;;/m0001011.../s1. The molecule has 0 aliphatic rings. The number of nitriles is 4. The quantitative estimate of drug-likeness (QED) is 0.0148. The van der Waals surface area contributed by atoms with Crippen LogP contribution < -0.4 is 43.8 Å². The van der Waals surface area contributed by atoms with Gasteiger partial charge in [0.15, 0.2) is 16.6 Å². The summed E-state index contributed by atoms with van der Waals surface area (Å²) in [6.07, 6.45) is -0.0177. The number of ether oxygens (including phenoxy) is 7. The first-order valence-electron chi connectivity index (χ1n) is 39.5. The van der Waals surface area contributed by atoms with Gasteiger partial charge in [0.1, 0.15) is 34.6 Å². The summed E-state index contributed by atoms with van der Waals surface area (Å²) >= 11 is 0. The SMILES string of the molecule is CCC(=O)C(C)(C)[C@@H](O)CCO.CCC(=O)C(C)(C)[C@@H](O)CCOCc1ccc(OC)cc1.CCC(=O)C(C)(C)[C@H](CCO[Si](C)(C)C(C)(C)C)O[Si](C)(C)C(C)(C)C.CCOC(=O)C[C@H](O)CC#N.COc1ccc(COCC[C@H](O)C(C)(C)C#N)cc1.COc1ccc(COCC[C@H](O)CC#N)cc1.N#CC[C@@H](O)CCO.[B].[H-].[Na+]. The number of esters is 1. The first-order valence-corrected chi connectivity index (χ1v) is 45.3. The number of Topliss-reactive ketones (excluding diaryl/α,β-unsaturated/α-hetero) is 3. The molecule has 3 aromatic carbocycles. The molecule has 3 rings (SSSR count). The van der Waals surface area contributed by atoms with Crippen molar-refractivity contribution >= 4 is 48.4 Å². The van der Waals surface area contributed by atoms with Crippen LogP contribution in [0, 0.1) is 67.0 Å². The molecule has 0 aromatic heterocycles. The molecule has 0 bridgehead atoms. The molecule has 7 atom stereocenters.